The van der Waals surface area contributed by atoms with E-state index in [0.29, 0.717) is 27.2 Å². The van der Waals surface area contributed by atoms with Gasteiger partial charge in [-0.05, 0) is 74.7 Å². The van der Waals surface area contributed by atoms with Crippen molar-refractivity contribution < 1.29 is 14.3 Å². The molecule has 8 nitrogen and oxygen atoms in total. The second kappa shape index (κ2) is 11.8. The molecule has 0 saturated carbocycles. The molecule has 1 atom stereocenters. The van der Waals surface area contributed by atoms with E-state index in [0.717, 1.165) is 33.1 Å². The number of allylic oxidation sites excluding steroid dienone is 1. The SMILES string of the molecule is CCOC(=O)C1=C(C)N=c2s/c(=C/c3cn(-c4ccccc4)nc3-c3ccc(OCC)cc3)c(=O)n2C1c1cccs1. The average molecular weight is 597 g/mol. The smallest absolute Gasteiger partial charge is 0.338 e. The molecule has 212 valence electrons. The number of hydrogen-bond donors (Lipinski definition) is 0. The first-order valence-electron chi connectivity index (χ1n) is 13.6. The zero-order chi connectivity index (χ0) is 29.2. The first kappa shape index (κ1) is 27.6. The quantitative estimate of drug-likeness (QED) is 0.232. The number of thiophene rings is 1. The molecule has 6 rings (SSSR count). The van der Waals surface area contributed by atoms with Crippen molar-refractivity contribution in [2.24, 2.45) is 4.99 Å². The number of hydrogen-bond acceptors (Lipinski definition) is 8. The Labute approximate surface area is 250 Å². The van der Waals surface area contributed by atoms with Gasteiger partial charge < -0.3 is 9.47 Å². The van der Waals surface area contributed by atoms with Crippen molar-refractivity contribution in [1.29, 1.82) is 0 Å². The van der Waals surface area contributed by atoms with E-state index in [2.05, 4.69) is 4.99 Å². The summed E-state index contributed by atoms with van der Waals surface area (Å²) in [5.74, 6) is 0.313. The summed E-state index contributed by atoms with van der Waals surface area (Å²) in [5, 5.41) is 6.84. The topological polar surface area (TPSA) is 87.7 Å². The number of benzene rings is 2. The highest BCUT2D eigenvalue weighted by Gasteiger charge is 2.34. The van der Waals surface area contributed by atoms with E-state index in [1.807, 2.05) is 96.0 Å². The molecule has 42 heavy (non-hydrogen) atoms. The van der Waals surface area contributed by atoms with Crippen molar-refractivity contribution in [2.45, 2.75) is 26.8 Å². The number of rotatable bonds is 8. The van der Waals surface area contributed by atoms with Crippen LogP contribution in [-0.4, -0.2) is 33.5 Å². The van der Waals surface area contributed by atoms with Gasteiger partial charge >= 0.3 is 5.97 Å². The summed E-state index contributed by atoms with van der Waals surface area (Å²) < 4.78 is 14.9. The Kier molecular flexibility index (Phi) is 7.73. The van der Waals surface area contributed by atoms with Crippen LogP contribution in [-0.2, 0) is 9.53 Å². The summed E-state index contributed by atoms with van der Waals surface area (Å²) in [6.07, 6.45) is 3.78. The fraction of sp³-hybridized carbons (Fsp3) is 0.188. The molecule has 0 amide bonds. The van der Waals surface area contributed by atoms with Crippen LogP contribution in [0.1, 0.15) is 37.3 Å². The largest absolute Gasteiger partial charge is 0.494 e. The molecule has 0 bridgehead atoms. The minimum atomic E-state index is -0.611. The van der Waals surface area contributed by atoms with Crippen molar-refractivity contribution in [1.82, 2.24) is 14.3 Å². The van der Waals surface area contributed by atoms with Gasteiger partial charge in [0.15, 0.2) is 4.80 Å². The van der Waals surface area contributed by atoms with Crippen LogP contribution >= 0.6 is 22.7 Å². The number of aromatic nitrogens is 3. The third-order valence-electron chi connectivity index (χ3n) is 6.82. The molecular formula is C32H28N4O4S2. The van der Waals surface area contributed by atoms with E-state index in [1.165, 1.54) is 22.7 Å². The monoisotopic (exact) mass is 596 g/mol. The van der Waals surface area contributed by atoms with Gasteiger partial charge in [-0.15, -0.1) is 11.3 Å². The molecule has 1 unspecified atom stereocenters. The number of esters is 1. The third-order valence-corrected chi connectivity index (χ3v) is 8.73. The Hall–Kier alpha value is -4.54. The van der Waals surface area contributed by atoms with Gasteiger partial charge in [0.05, 0.1) is 34.7 Å². The maximum Gasteiger partial charge on any atom is 0.338 e. The van der Waals surface area contributed by atoms with Crippen molar-refractivity contribution in [3.8, 4) is 22.7 Å². The molecule has 0 aliphatic carbocycles. The molecule has 3 aromatic heterocycles. The minimum Gasteiger partial charge on any atom is -0.494 e. The van der Waals surface area contributed by atoms with E-state index in [-0.39, 0.29) is 12.2 Å². The van der Waals surface area contributed by atoms with Crippen LogP contribution in [0.2, 0.25) is 0 Å². The maximum atomic E-state index is 14.1. The van der Waals surface area contributed by atoms with Crippen LogP contribution < -0.4 is 19.6 Å². The fourth-order valence-corrected chi connectivity index (χ4v) is 6.82. The van der Waals surface area contributed by atoms with Crippen molar-refractivity contribution in [2.75, 3.05) is 13.2 Å². The highest BCUT2D eigenvalue weighted by Crippen LogP contribution is 2.33. The van der Waals surface area contributed by atoms with Crippen LogP contribution in [0.15, 0.2) is 99.4 Å². The normalized spacial score (nSPS) is 14.9. The maximum absolute atomic E-state index is 14.1. The van der Waals surface area contributed by atoms with Gasteiger partial charge in [-0.25, -0.2) is 14.5 Å². The van der Waals surface area contributed by atoms with E-state index < -0.39 is 12.0 Å². The molecular weight excluding hydrogens is 569 g/mol. The highest BCUT2D eigenvalue weighted by atomic mass is 32.1. The van der Waals surface area contributed by atoms with E-state index >= 15 is 0 Å². The number of nitrogens with zero attached hydrogens (tertiary/aromatic N) is 4. The van der Waals surface area contributed by atoms with Crippen LogP contribution in [0.25, 0.3) is 23.0 Å². The molecule has 1 aliphatic rings. The van der Waals surface area contributed by atoms with Gasteiger partial charge in [-0.2, -0.15) is 5.10 Å². The summed E-state index contributed by atoms with van der Waals surface area (Å²) in [4.78, 5) is 33.2. The molecule has 1 aliphatic heterocycles. The minimum absolute atomic E-state index is 0.225. The lowest BCUT2D eigenvalue weighted by atomic mass is 10.0. The van der Waals surface area contributed by atoms with Crippen molar-refractivity contribution in [3.63, 3.8) is 0 Å². The number of para-hydroxylation sites is 1. The van der Waals surface area contributed by atoms with Gasteiger partial charge in [0.2, 0.25) is 0 Å². The van der Waals surface area contributed by atoms with E-state index in [1.54, 1.807) is 18.4 Å². The van der Waals surface area contributed by atoms with Gasteiger partial charge in [-0.1, -0.05) is 35.6 Å². The number of thiazole rings is 1. The fourth-order valence-electron chi connectivity index (χ4n) is 4.95. The summed E-state index contributed by atoms with van der Waals surface area (Å²) in [5.41, 5.74) is 4.00. The first-order chi connectivity index (χ1) is 20.5. The Morgan fingerprint density at radius 3 is 2.50 bits per heavy atom. The van der Waals surface area contributed by atoms with E-state index in [4.69, 9.17) is 14.6 Å². The van der Waals surface area contributed by atoms with Crippen LogP contribution in [0.4, 0.5) is 0 Å². The average Bonchev–Trinajstić information content (AvgIpc) is 3.74. The second-order valence-corrected chi connectivity index (χ2v) is 11.5. The predicted molar refractivity (Wildman–Crippen MR) is 165 cm³/mol. The number of ether oxygens (including phenoxy) is 2. The number of fused-ring (bicyclic) bond motifs is 1. The van der Waals surface area contributed by atoms with Gasteiger partial charge in [0, 0.05) is 22.2 Å². The highest BCUT2D eigenvalue weighted by molar-refractivity contribution is 7.10. The molecule has 0 fully saturated rings. The molecule has 0 radical (unpaired) electrons. The summed E-state index contributed by atoms with van der Waals surface area (Å²) in [6.45, 7) is 6.32. The number of carbonyl (C=O) groups is 1. The van der Waals surface area contributed by atoms with Crippen molar-refractivity contribution >= 4 is 34.7 Å². The zero-order valence-corrected chi connectivity index (χ0v) is 24.9. The zero-order valence-electron chi connectivity index (χ0n) is 23.3. The third kappa shape index (κ3) is 5.15. The lowest BCUT2D eigenvalue weighted by Crippen LogP contribution is -2.39. The molecule has 0 spiro atoms. The lowest BCUT2D eigenvalue weighted by Gasteiger charge is -2.23. The standard InChI is InChI=1S/C32H28N4O4S2/c1-4-39-24-15-13-21(14-16-24)28-22(19-35(34-28)23-10-7-6-8-11-23)18-26-30(37)36-29(25-12-9-17-41-25)27(31(38)40-5-2)20(3)33-32(36)42-26/h6-19,29H,4-5H2,1-3H3/b26-18+. The van der Waals surface area contributed by atoms with E-state index in [9.17, 15) is 9.59 Å². The Balaban J connectivity index is 1.52. The second-order valence-electron chi connectivity index (χ2n) is 9.49. The Morgan fingerprint density at radius 1 is 1.02 bits per heavy atom. The van der Waals surface area contributed by atoms with Gasteiger partial charge in [0.25, 0.3) is 5.56 Å². The van der Waals surface area contributed by atoms with Crippen LogP contribution in [0, 0.1) is 0 Å². The summed E-state index contributed by atoms with van der Waals surface area (Å²) in [7, 11) is 0. The molecule has 5 aromatic rings. The Morgan fingerprint density at radius 2 is 1.81 bits per heavy atom. The Bertz CT molecular complexity index is 1950. The molecule has 10 heteroatoms. The lowest BCUT2D eigenvalue weighted by molar-refractivity contribution is -0.139. The first-order valence-corrected chi connectivity index (χ1v) is 15.3. The van der Waals surface area contributed by atoms with Crippen LogP contribution in [0.3, 0.4) is 0 Å². The molecule has 2 aromatic carbocycles. The molecule has 0 N–H and O–H groups in total. The molecule has 0 saturated heterocycles. The number of carbonyl (C=O) groups excluding carboxylic acids is 1. The van der Waals surface area contributed by atoms with Gasteiger partial charge in [-0.3, -0.25) is 9.36 Å². The van der Waals surface area contributed by atoms with Crippen LogP contribution in [0.5, 0.6) is 5.75 Å². The predicted octanol–water partition coefficient (Wildman–Crippen LogP) is 5.11. The summed E-state index contributed by atoms with van der Waals surface area (Å²) >= 11 is 2.79. The molecule has 4 heterocycles. The van der Waals surface area contributed by atoms with Crippen molar-refractivity contribution in [3.05, 3.63) is 120 Å². The summed E-state index contributed by atoms with van der Waals surface area (Å²) in [6, 6.07) is 20.8. The van der Waals surface area contributed by atoms with Gasteiger partial charge in [0.1, 0.15) is 17.5 Å².